The van der Waals surface area contributed by atoms with Crippen LogP contribution in [0.25, 0.3) is 10.4 Å². The van der Waals surface area contributed by atoms with E-state index in [1.807, 2.05) is 37.3 Å². The zero-order valence-corrected chi connectivity index (χ0v) is 26.9. The van der Waals surface area contributed by atoms with Gasteiger partial charge in [0.2, 0.25) is 0 Å². The van der Waals surface area contributed by atoms with Gasteiger partial charge in [0.1, 0.15) is 12.2 Å². The second-order valence-corrected chi connectivity index (χ2v) is 12.1. The zero-order valence-electron chi connectivity index (χ0n) is 26.9. The molecule has 2 heterocycles. The molecule has 0 saturated carbocycles. The molecular weight excluding hydrogens is 546 g/mol. The lowest BCUT2D eigenvalue weighted by Gasteiger charge is -2.47. The quantitative estimate of drug-likeness (QED) is 0.0536. The highest BCUT2D eigenvalue weighted by Crippen LogP contribution is 2.38. The molecule has 0 radical (unpaired) electrons. The zero-order chi connectivity index (χ0) is 30.5. The third kappa shape index (κ3) is 13.0. The third-order valence-electron chi connectivity index (χ3n) is 8.69. The summed E-state index contributed by atoms with van der Waals surface area (Å²) in [5, 5.41) is 4.02. The van der Waals surface area contributed by atoms with Crippen molar-refractivity contribution in [2.75, 3.05) is 33.5 Å². The van der Waals surface area contributed by atoms with Gasteiger partial charge in [-0.3, -0.25) is 0 Å². The molecule has 9 nitrogen and oxygen atoms in total. The molecule has 2 aliphatic heterocycles. The van der Waals surface area contributed by atoms with Crippen LogP contribution in [0.15, 0.2) is 35.4 Å². The maximum atomic E-state index is 9.25. The number of methoxy groups -OCH3 is 1. The summed E-state index contributed by atoms with van der Waals surface area (Å²) in [6.45, 7) is 6.09. The topological polar surface area (TPSA) is 104 Å². The Kier molecular flexibility index (Phi) is 18.2. The van der Waals surface area contributed by atoms with Crippen molar-refractivity contribution in [3.8, 4) is 0 Å². The number of hydrogen-bond acceptors (Lipinski definition) is 7. The molecule has 43 heavy (non-hydrogen) atoms. The van der Waals surface area contributed by atoms with Crippen molar-refractivity contribution in [3.63, 3.8) is 0 Å². The molecule has 0 N–H and O–H groups in total. The van der Waals surface area contributed by atoms with Crippen molar-refractivity contribution >= 4 is 0 Å². The molecule has 2 saturated heterocycles. The Morgan fingerprint density at radius 2 is 1.51 bits per heavy atom. The molecule has 0 amide bonds. The molecular formula is C34H57N3O6. The first-order valence-electron chi connectivity index (χ1n) is 16.9. The molecule has 1 aromatic carbocycles. The number of fused-ring (bicyclic) bond motifs is 1. The number of azide groups is 1. The Balaban J connectivity index is 1.26. The van der Waals surface area contributed by atoms with Gasteiger partial charge in [0.15, 0.2) is 12.6 Å². The average molecular weight is 604 g/mol. The highest BCUT2D eigenvalue weighted by Gasteiger charge is 2.48. The van der Waals surface area contributed by atoms with Crippen LogP contribution in [0.5, 0.6) is 0 Å². The van der Waals surface area contributed by atoms with Gasteiger partial charge in [0, 0.05) is 24.2 Å². The summed E-state index contributed by atoms with van der Waals surface area (Å²) in [7, 11) is 1.65. The molecule has 4 unspecified atom stereocenters. The maximum Gasteiger partial charge on any atom is 0.184 e. The van der Waals surface area contributed by atoms with Crippen molar-refractivity contribution < 1.29 is 28.4 Å². The highest BCUT2D eigenvalue weighted by molar-refractivity contribution is 5.16. The fraction of sp³-hybridized carbons (Fsp3) is 0.824. The van der Waals surface area contributed by atoms with Gasteiger partial charge in [-0.15, -0.1) is 0 Å². The molecule has 2 fully saturated rings. The molecule has 0 spiro atoms. The number of ether oxygens (including phenoxy) is 6. The predicted octanol–water partition coefficient (Wildman–Crippen LogP) is 8.67. The summed E-state index contributed by atoms with van der Waals surface area (Å²) in [6.07, 6.45) is 16.7. The summed E-state index contributed by atoms with van der Waals surface area (Å²) in [6, 6.07) is 9.29. The molecule has 244 valence electrons. The first kappa shape index (κ1) is 35.8. The van der Waals surface area contributed by atoms with Crippen molar-refractivity contribution in [1.29, 1.82) is 0 Å². The van der Waals surface area contributed by atoms with Crippen molar-refractivity contribution in [1.82, 2.24) is 0 Å². The third-order valence-corrected chi connectivity index (χ3v) is 8.69. The molecule has 3 rings (SSSR count). The number of nitrogens with zero attached hydrogens (tertiary/aromatic N) is 3. The SMILES string of the molecule is CCCCCCCCCCCCCCCCOCC(CO[C@@H]1OC2COC(c3ccccc3)O[C@@H]2[C@H](C)C1N=[N+]=[N-])OC. The summed E-state index contributed by atoms with van der Waals surface area (Å²) in [5.41, 5.74) is 10.2. The predicted molar refractivity (Wildman–Crippen MR) is 169 cm³/mol. The molecule has 0 bridgehead atoms. The minimum absolute atomic E-state index is 0.118. The van der Waals surface area contributed by atoms with Crippen LogP contribution in [-0.2, 0) is 28.4 Å². The number of unbranched alkanes of at least 4 members (excludes halogenated alkanes) is 13. The van der Waals surface area contributed by atoms with Crippen LogP contribution in [0, 0.1) is 5.92 Å². The van der Waals surface area contributed by atoms with Crippen LogP contribution in [0.1, 0.15) is 116 Å². The van der Waals surface area contributed by atoms with Gasteiger partial charge in [0.25, 0.3) is 0 Å². The first-order valence-corrected chi connectivity index (χ1v) is 16.9. The molecule has 2 aliphatic rings. The monoisotopic (exact) mass is 603 g/mol. The molecule has 9 heteroatoms. The smallest absolute Gasteiger partial charge is 0.184 e. The summed E-state index contributed by atoms with van der Waals surface area (Å²) in [5.74, 6) is -0.118. The fourth-order valence-corrected chi connectivity index (χ4v) is 5.96. The van der Waals surface area contributed by atoms with E-state index < -0.39 is 18.6 Å². The number of rotatable bonds is 23. The van der Waals surface area contributed by atoms with Crippen LogP contribution in [0.3, 0.4) is 0 Å². The van der Waals surface area contributed by atoms with Gasteiger partial charge in [-0.1, -0.05) is 133 Å². The normalized spacial score (nSPS) is 26.0. The second kappa shape index (κ2) is 21.9. The Labute approximate surface area is 259 Å². The van der Waals surface area contributed by atoms with Gasteiger partial charge in [-0.05, 0) is 17.9 Å². The van der Waals surface area contributed by atoms with E-state index >= 15 is 0 Å². The van der Waals surface area contributed by atoms with E-state index in [-0.39, 0.29) is 30.8 Å². The van der Waals surface area contributed by atoms with Gasteiger partial charge in [-0.25, -0.2) is 0 Å². The lowest BCUT2D eigenvalue weighted by molar-refractivity contribution is -0.335. The van der Waals surface area contributed by atoms with Gasteiger partial charge in [0.05, 0.1) is 32.0 Å². The van der Waals surface area contributed by atoms with Crippen LogP contribution in [0.2, 0.25) is 0 Å². The van der Waals surface area contributed by atoms with Crippen molar-refractivity contribution in [3.05, 3.63) is 46.3 Å². The van der Waals surface area contributed by atoms with Crippen molar-refractivity contribution in [2.24, 2.45) is 11.0 Å². The number of benzene rings is 1. The standard InChI is InChI=1S/C34H57N3O6/c1-4-5-6-7-8-9-10-11-12-13-14-15-16-20-23-39-24-29(38-3)25-40-34-31(36-37-35)27(2)32-30(42-34)26-41-33(43-32)28-21-18-17-19-22-28/h17-19,21-22,27,29-34H,4-16,20,23-26H2,1-3H3/t27-,29?,30?,31?,32-,33?,34-/m1/s1. The highest BCUT2D eigenvalue weighted by atomic mass is 16.7. The van der Waals surface area contributed by atoms with E-state index in [9.17, 15) is 5.53 Å². The minimum Gasteiger partial charge on any atom is -0.379 e. The lowest BCUT2D eigenvalue weighted by atomic mass is 9.88. The second-order valence-electron chi connectivity index (χ2n) is 12.1. The van der Waals surface area contributed by atoms with E-state index in [1.54, 1.807) is 7.11 Å². The van der Waals surface area contributed by atoms with E-state index in [0.29, 0.717) is 13.2 Å². The van der Waals surface area contributed by atoms with E-state index in [0.717, 1.165) is 18.6 Å². The van der Waals surface area contributed by atoms with Gasteiger partial charge >= 0.3 is 0 Å². The van der Waals surface area contributed by atoms with E-state index in [1.165, 1.54) is 83.5 Å². The van der Waals surface area contributed by atoms with Crippen molar-refractivity contribution in [2.45, 2.75) is 141 Å². The summed E-state index contributed by atoms with van der Waals surface area (Å²) in [4.78, 5) is 3.07. The molecule has 0 aromatic heterocycles. The summed E-state index contributed by atoms with van der Waals surface area (Å²) >= 11 is 0. The Hall–Kier alpha value is -1.71. The Morgan fingerprint density at radius 1 is 0.884 bits per heavy atom. The van der Waals surface area contributed by atoms with Crippen LogP contribution >= 0.6 is 0 Å². The Morgan fingerprint density at radius 3 is 2.12 bits per heavy atom. The molecule has 0 aliphatic carbocycles. The Bertz CT molecular complexity index is 886. The average Bonchev–Trinajstić information content (AvgIpc) is 3.04. The van der Waals surface area contributed by atoms with E-state index in [2.05, 4.69) is 16.9 Å². The lowest BCUT2D eigenvalue weighted by Crippen LogP contribution is -2.58. The molecule has 1 aromatic rings. The maximum absolute atomic E-state index is 9.25. The van der Waals surface area contributed by atoms with Gasteiger partial charge < -0.3 is 28.4 Å². The summed E-state index contributed by atoms with van der Waals surface area (Å²) < 4.78 is 36.0. The number of hydrogen-bond donors (Lipinski definition) is 0. The largest absolute Gasteiger partial charge is 0.379 e. The minimum atomic E-state index is -0.712. The van der Waals surface area contributed by atoms with Crippen LogP contribution in [0.4, 0.5) is 0 Å². The van der Waals surface area contributed by atoms with Crippen LogP contribution in [-0.4, -0.2) is 64.2 Å². The molecule has 7 atom stereocenters. The fourth-order valence-electron chi connectivity index (χ4n) is 5.96. The first-order chi connectivity index (χ1) is 21.2. The van der Waals surface area contributed by atoms with Gasteiger partial charge in [-0.2, -0.15) is 0 Å². The van der Waals surface area contributed by atoms with Crippen LogP contribution < -0.4 is 0 Å². The van der Waals surface area contributed by atoms with E-state index in [4.69, 9.17) is 28.4 Å².